The monoisotopic (exact) mass is 267 g/mol. The summed E-state index contributed by atoms with van der Waals surface area (Å²) in [5.74, 6) is -0.744. The molecule has 1 aromatic rings. The van der Waals surface area contributed by atoms with Crippen LogP contribution in [-0.4, -0.2) is 25.5 Å². The van der Waals surface area contributed by atoms with Gasteiger partial charge in [0.1, 0.15) is 0 Å². The number of hydrogen-bond donors (Lipinski definition) is 1. The highest BCUT2D eigenvalue weighted by Crippen LogP contribution is 2.24. The van der Waals surface area contributed by atoms with E-state index < -0.39 is 16.8 Å². The molecule has 0 radical (unpaired) electrons. The maximum Gasteiger partial charge on any atom is 0.337 e. The molecule has 98 valence electrons. The van der Waals surface area contributed by atoms with Crippen LogP contribution in [0.1, 0.15) is 48.2 Å². The molecule has 0 saturated heterocycles. The zero-order valence-electron chi connectivity index (χ0n) is 10.2. The lowest BCUT2D eigenvalue weighted by Gasteiger charge is -2.20. The van der Waals surface area contributed by atoms with Gasteiger partial charge in [0.15, 0.2) is 0 Å². The molecule has 2 rings (SSSR count). The van der Waals surface area contributed by atoms with Crippen molar-refractivity contribution in [3.63, 3.8) is 0 Å². The summed E-state index contributed by atoms with van der Waals surface area (Å²) in [5, 5.41) is 9.26. The second-order valence-corrected chi connectivity index (χ2v) is 6.30. The average molecular weight is 267 g/mol. The van der Waals surface area contributed by atoms with E-state index in [1.165, 1.54) is 12.5 Å². The topological polar surface area (TPSA) is 67.3 Å². The summed E-state index contributed by atoms with van der Waals surface area (Å²) >= 11 is 0. The Morgan fingerprint density at radius 1 is 1.39 bits per heavy atom. The average Bonchev–Trinajstić information content (AvgIpc) is 2.40. The van der Waals surface area contributed by atoms with Crippen LogP contribution >= 0.6 is 0 Å². The summed E-state index contributed by atoms with van der Waals surface area (Å²) < 4.78 is 12.2. The first-order chi connectivity index (χ1) is 8.68. The van der Waals surface area contributed by atoms with Crippen molar-refractivity contribution in [2.75, 3.05) is 0 Å². The number of rotatable bonds is 4. The van der Waals surface area contributed by atoms with Gasteiger partial charge < -0.3 is 5.11 Å². The number of carbonyl (C=O) groups is 1. The van der Waals surface area contributed by atoms with Crippen molar-refractivity contribution in [1.82, 2.24) is 4.98 Å². The summed E-state index contributed by atoms with van der Waals surface area (Å²) in [6.07, 6.45) is 7.01. The molecule has 0 aromatic carbocycles. The molecule has 1 atom stereocenters. The van der Waals surface area contributed by atoms with Crippen molar-refractivity contribution in [2.24, 2.45) is 0 Å². The predicted molar refractivity (Wildman–Crippen MR) is 69.9 cm³/mol. The standard InChI is InChI=1S/C13H17NO3S/c15-13(16)11-7-4-8-14-12(11)9-18(17)10-5-2-1-3-6-10/h4,7-8,10H,1-3,5-6,9H2,(H,15,16). The Kier molecular flexibility index (Phi) is 4.47. The van der Waals surface area contributed by atoms with Crippen LogP contribution in [0.2, 0.25) is 0 Å². The Bertz CT molecular complexity index is 455. The van der Waals surface area contributed by atoms with Crippen molar-refractivity contribution < 1.29 is 14.1 Å². The van der Waals surface area contributed by atoms with E-state index >= 15 is 0 Å². The summed E-state index contributed by atoms with van der Waals surface area (Å²) in [4.78, 5) is 15.1. The highest BCUT2D eigenvalue weighted by atomic mass is 32.2. The van der Waals surface area contributed by atoms with Gasteiger partial charge in [-0.3, -0.25) is 9.19 Å². The maximum absolute atomic E-state index is 12.2. The number of aromatic nitrogens is 1. The number of pyridine rings is 1. The number of aromatic carboxylic acids is 1. The fraction of sp³-hybridized carbons (Fsp3) is 0.538. The third kappa shape index (κ3) is 3.16. The van der Waals surface area contributed by atoms with Crippen LogP contribution in [0.5, 0.6) is 0 Å². The molecule has 0 bridgehead atoms. The molecule has 18 heavy (non-hydrogen) atoms. The molecule has 0 aliphatic heterocycles. The zero-order chi connectivity index (χ0) is 13.0. The second-order valence-electron chi connectivity index (χ2n) is 4.59. The number of carboxylic acid groups (broad SMARTS) is 1. The first kappa shape index (κ1) is 13.2. The van der Waals surface area contributed by atoms with E-state index in [0.717, 1.165) is 25.7 Å². The van der Waals surface area contributed by atoms with Crippen molar-refractivity contribution in [2.45, 2.75) is 43.1 Å². The molecule has 0 spiro atoms. The lowest BCUT2D eigenvalue weighted by molar-refractivity contribution is 0.0695. The molecule has 1 aromatic heterocycles. The van der Waals surface area contributed by atoms with Gasteiger partial charge >= 0.3 is 5.97 Å². The Labute approximate surface area is 109 Å². The normalized spacial score (nSPS) is 18.4. The molecule has 1 fully saturated rings. The number of carboxylic acids is 1. The van der Waals surface area contributed by atoms with Gasteiger partial charge in [0.2, 0.25) is 0 Å². The van der Waals surface area contributed by atoms with Gasteiger partial charge in [-0.25, -0.2) is 4.79 Å². The summed E-state index contributed by atoms with van der Waals surface area (Å²) in [5.41, 5.74) is 0.607. The van der Waals surface area contributed by atoms with Crippen LogP contribution in [0.3, 0.4) is 0 Å². The van der Waals surface area contributed by atoms with Gasteiger partial charge in [-0.1, -0.05) is 19.3 Å². The molecule has 1 N–H and O–H groups in total. The number of nitrogens with zero attached hydrogens (tertiary/aromatic N) is 1. The minimum absolute atomic E-state index is 0.168. The molecule has 1 aliphatic carbocycles. The molecule has 1 saturated carbocycles. The van der Waals surface area contributed by atoms with Gasteiger partial charge in [-0.05, 0) is 25.0 Å². The van der Waals surface area contributed by atoms with Crippen LogP contribution < -0.4 is 0 Å². The van der Waals surface area contributed by atoms with Crippen molar-refractivity contribution in [1.29, 1.82) is 0 Å². The molecular weight excluding hydrogens is 250 g/mol. The van der Waals surface area contributed by atoms with Gasteiger partial charge in [0.25, 0.3) is 0 Å². The van der Waals surface area contributed by atoms with Gasteiger partial charge in [-0.2, -0.15) is 0 Å². The Hall–Kier alpha value is -1.23. The maximum atomic E-state index is 12.2. The van der Waals surface area contributed by atoms with Gasteiger partial charge in [-0.15, -0.1) is 0 Å². The lowest BCUT2D eigenvalue weighted by atomic mass is 10.0. The highest BCUT2D eigenvalue weighted by molar-refractivity contribution is 7.84. The van der Waals surface area contributed by atoms with Crippen molar-refractivity contribution in [3.8, 4) is 0 Å². The summed E-state index contributed by atoms with van der Waals surface area (Å²) in [6.45, 7) is 0. The predicted octanol–water partition coefficient (Wildman–Crippen LogP) is 2.36. The first-order valence-corrected chi connectivity index (χ1v) is 7.61. The van der Waals surface area contributed by atoms with Gasteiger partial charge in [0, 0.05) is 22.2 Å². The first-order valence-electron chi connectivity index (χ1n) is 6.23. The van der Waals surface area contributed by atoms with E-state index in [-0.39, 0.29) is 16.6 Å². The fourth-order valence-corrected chi connectivity index (χ4v) is 3.92. The smallest absolute Gasteiger partial charge is 0.337 e. The van der Waals surface area contributed by atoms with E-state index in [4.69, 9.17) is 5.11 Å². The van der Waals surface area contributed by atoms with Crippen LogP contribution in [0.15, 0.2) is 18.3 Å². The minimum atomic E-state index is -1.01. The van der Waals surface area contributed by atoms with Crippen LogP contribution in [0, 0.1) is 0 Å². The Morgan fingerprint density at radius 2 is 2.11 bits per heavy atom. The second kappa shape index (κ2) is 6.09. The van der Waals surface area contributed by atoms with E-state index in [1.54, 1.807) is 12.3 Å². The molecule has 5 heteroatoms. The highest BCUT2D eigenvalue weighted by Gasteiger charge is 2.22. The SMILES string of the molecule is O=C(O)c1cccnc1CS(=O)C1CCCCC1. The number of hydrogen-bond acceptors (Lipinski definition) is 3. The molecule has 4 nitrogen and oxygen atoms in total. The third-order valence-electron chi connectivity index (χ3n) is 3.32. The Balaban J connectivity index is 2.08. The van der Waals surface area contributed by atoms with Gasteiger partial charge in [0.05, 0.1) is 17.0 Å². The third-order valence-corrected chi connectivity index (χ3v) is 5.10. The molecular formula is C13H17NO3S. The van der Waals surface area contributed by atoms with Crippen molar-refractivity contribution in [3.05, 3.63) is 29.6 Å². The van der Waals surface area contributed by atoms with E-state index in [0.29, 0.717) is 5.69 Å². The van der Waals surface area contributed by atoms with Crippen LogP contribution in [0.25, 0.3) is 0 Å². The minimum Gasteiger partial charge on any atom is -0.478 e. The zero-order valence-corrected chi connectivity index (χ0v) is 11.0. The Morgan fingerprint density at radius 3 is 2.78 bits per heavy atom. The van der Waals surface area contributed by atoms with Crippen molar-refractivity contribution >= 4 is 16.8 Å². The molecule has 0 amide bonds. The summed E-state index contributed by atoms with van der Waals surface area (Å²) in [6, 6.07) is 3.11. The molecule has 1 heterocycles. The largest absolute Gasteiger partial charge is 0.478 e. The summed E-state index contributed by atoms with van der Waals surface area (Å²) in [7, 11) is -1.01. The molecule has 1 aliphatic rings. The fourth-order valence-electron chi connectivity index (χ4n) is 2.33. The van der Waals surface area contributed by atoms with Crippen LogP contribution in [-0.2, 0) is 16.6 Å². The lowest BCUT2D eigenvalue weighted by Crippen LogP contribution is -2.21. The van der Waals surface area contributed by atoms with E-state index in [2.05, 4.69) is 4.98 Å². The quantitative estimate of drug-likeness (QED) is 0.909. The van der Waals surface area contributed by atoms with E-state index in [9.17, 15) is 9.00 Å². The van der Waals surface area contributed by atoms with E-state index in [1.807, 2.05) is 0 Å². The molecule has 1 unspecified atom stereocenters. The van der Waals surface area contributed by atoms with Crippen LogP contribution in [0.4, 0.5) is 0 Å².